The van der Waals surface area contributed by atoms with Crippen LogP contribution in [0.4, 0.5) is 0 Å². The van der Waals surface area contributed by atoms with Gasteiger partial charge in [0.2, 0.25) is 5.91 Å². The molecule has 7 N–H and O–H groups in total. The van der Waals surface area contributed by atoms with Crippen LogP contribution in [0.3, 0.4) is 0 Å². The fraction of sp³-hybridized carbons (Fsp3) is 0.318. The average Bonchev–Trinajstić information content (AvgIpc) is 2.75. The number of amides is 1. The van der Waals surface area contributed by atoms with Crippen molar-refractivity contribution in [1.82, 2.24) is 5.32 Å². The van der Waals surface area contributed by atoms with Crippen molar-refractivity contribution >= 4 is 18.2 Å². The maximum atomic E-state index is 12.3. The predicted octanol–water partition coefficient (Wildman–Crippen LogP) is 0.873. The number of rotatable bonds is 12. The number of nitrogens with two attached hydrogens (primary N) is 3. The van der Waals surface area contributed by atoms with Crippen LogP contribution in [-0.2, 0) is 22.6 Å². The van der Waals surface area contributed by atoms with Crippen molar-refractivity contribution in [3.8, 4) is 5.75 Å². The maximum absolute atomic E-state index is 12.3. The molecule has 0 spiro atoms. The molecular weight excluding hydrogens is 382 g/mol. The fourth-order valence-corrected chi connectivity index (χ4v) is 2.79. The largest absolute Gasteiger partial charge is 0.489 e. The molecule has 2 atom stereocenters. The molecule has 0 aromatic heterocycles. The van der Waals surface area contributed by atoms with Gasteiger partial charge < -0.3 is 32.0 Å². The summed E-state index contributed by atoms with van der Waals surface area (Å²) in [6.07, 6.45) is 2.05. The van der Waals surface area contributed by atoms with Gasteiger partial charge in [0.25, 0.3) is 0 Å². The topological polar surface area (TPSA) is 146 Å². The summed E-state index contributed by atoms with van der Waals surface area (Å²) in [5, 5.41) is 2.66. The van der Waals surface area contributed by atoms with Crippen LogP contribution in [0.15, 0.2) is 59.6 Å². The van der Waals surface area contributed by atoms with Crippen molar-refractivity contribution in [2.24, 2.45) is 22.2 Å². The highest BCUT2D eigenvalue weighted by Gasteiger charge is 2.18. The van der Waals surface area contributed by atoms with Crippen LogP contribution in [0.25, 0.3) is 0 Å². The first kappa shape index (κ1) is 22.9. The average molecular weight is 412 g/mol. The molecule has 0 heterocycles. The quantitative estimate of drug-likeness (QED) is 0.176. The van der Waals surface area contributed by atoms with E-state index in [0.29, 0.717) is 38.7 Å². The maximum Gasteiger partial charge on any atom is 0.237 e. The first-order valence-corrected chi connectivity index (χ1v) is 9.80. The van der Waals surface area contributed by atoms with Crippen LogP contribution in [-0.4, -0.2) is 36.8 Å². The molecule has 2 rings (SSSR count). The van der Waals surface area contributed by atoms with E-state index in [0.717, 1.165) is 16.9 Å². The van der Waals surface area contributed by atoms with Gasteiger partial charge in [-0.3, -0.25) is 9.79 Å². The second kappa shape index (κ2) is 12.2. The SMILES string of the molecule is NC(N)=NCCC[C@H](C=O)NC(=O)[C@@H](N)Cc1ccc(OCc2ccccc2)cc1. The minimum absolute atomic E-state index is 0.000181. The molecule has 1 amide bonds. The first-order chi connectivity index (χ1) is 14.5. The van der Waals surface area contributed by atoms with E-state index in [2.05, 4.69) is 10.3 Å². The molecule has 0 unspecified atom stereocenters. The van der Waals surface area contributed by atoms with Crippen molar-refractivity contribution in [3.63, 3.8) is 0 Å². The first-order valence-electron chi connectivity index (χ1n) is 9.80. The van der Waals surface area contributed by atoms with Gasteiger partial charge in [-0.25, -0.2) is 0 Å². The van der Waals surface area contributed by atoms with E-state index < -0.39 is 12.1 Å². The van der Waals surface area contributed by atoms with Crippen LogP contribution in [0.2, 0.25) is 0 Å². The summed E-state index contributed by atoms with van der Waals surface area (Å²) < 4.78 is 5.75. The van der Waals surface area contributed by atoms with E-state index >= 15 is 0 Å². The Morgan fingerprint density at radius 2 is 1.77 bits per heavy atom. The number of ether oxygens (including phenoxy) is 1. The van der Waals surface area contributed by atoms with Gasteiger partial charge in [0.05, 0.1) is 12.1 Å². The molecule has 0 bridgehead atoms. The van der Waals surface area contributed by atoms with Gasteiger partial charge >= 0.3 is 0 Å². The molecule has 0 aliphatic carbocycles. The summed E-state index contributed by atoms with van der Waals surface area (Å²) >= 11 is 0. The van der Waals surface area contributed by atoms with Crippen LogP contribution < -0.4 is 27.3 Å². The highest BCUT2D eigenvalue weighted by molar-refractivity contribution is 5.84. The number of hydrogen-bond acceptors (Lipinski definition) is 5. The van der Waals surface area contributed by atoms with E-state index in [4.69, 9.17) is 21.9 Å². The zero-order valence-electron chi connectivity index (χ0n) is 16.9. The number of guanidine groups is 1. The molecule has 2 aromatic carbocycles. The third-order valence-corrected chi connectivity index (χ3v) is 4.42. The number of nitrogens with zero attached hydrogens (tertiary/aromatic N) is 1. The summed E-state index contributed by atoms with van der Waals surface area (Å²) in [5.41, 5.74) is 18.5. The Kier molecular flexibility index (Phi) is 9.33. The molecule has 0 aliphatic rings. The lowest BCUT2D eigenvalue weighted by atomic mass is 10.0. The lowest BCUT2D eigenvalue weighted by Gasteiger charge is -2.17. The van der Waals surface area contributed by atoms with Crippen LogP contribution in [0.5, 0.6) is 5.75 Å². The second-order valence-electron chi connectivity index (χ2n) is 6.93. The summed E-state index contributed by atoms with van der Waals surface area (Å²) in [6.45, 7) is 0.881. The molecule has 0 saturated heterocycles. The molecule has 0 aliphatic heterocycles. The predicted molar refractivity (Wildman–Crippen MR) is 117 cm³/mol. The summed E-state index contributed by atoms with van der Waals surface area (Å²) in [7, 11) is 0. The van der Waals surface area contributed by atoms with Gasteiger partial charge in [-0.05, 0) is 42.5 Å². The Bertz CT molecular complexity index is 820. The molecule has 160 valence electrons. The minimum atomic E-state index is -0.763. The number of nitrogens with one attached hydrogen (secondary N) is 1. The molecule has 0 radical (unpaired) electrons. The Hall–Kier alpha value is -3.39. The number of benzene rings is 2. The van der Waals surface area contributed by atoms with Crippen molar-refractivity contribution < 1.29 is 14.3 Å². The normalized spacial score (nSPS) is 12.4. The van der Waals surface area contributed by atoms with Crippen molar-refractivity contribution in [2.45, 2.75) is 38.0 Å². The molecule has 0 saturated carbocycles. The zero-order chi connectivity index (χ0) is 21.8. The summed E-state index contributed by atoms with van der Waals surface area (Å²) in [6, 6.07) is 16.0. The van der Waals surface area contributed by atoms with Gasteiger partial charge in [-0.15, -0.1) is 0 Å². The monoisotopic (exact) mass is 411 g/mol. The lowest BCUT2D eigenvalue weighted by molar-refractivity contribution is -0.125. The Balaban J connectivity index is 1.78. The third kappa shape index (κ3) is 8.32. The minimum Gasteiger partial charge on any atom is -0.489 e. The smallest absolute Gasteiger partial charge is 0.237 e. The van der Waals surface area contributed by atoms with Crippen molar-refractivity contribution in [3.05, 3.63) is 65.7 Å². The molecular formula is C22H29N5O3. The Morgan fingerprint density at radius 1 is 1.07 bits per heavy atom. The standard InChI is InChI=1S/C22H29N5O3/c23-20(21(29)27-18(14-28)7-4-12-26-22(24)25)13-16-8-10-19(11-9-16)30-15-17-5-2-1-3-6-17/h1-3,5-6,8-11,14,18,20H,4,7,12-13,15,23H2,(H,27,29)(H4,24,25,26)/t18-,20+/m1/s1. The van der Waals surface area contributed by atoms with E-state index in [9.17, 15) is 9.59 Å². The number of carbonyl (C=O) groups is 2. The fourth-order valence-electron chi connectivity index (χ4n) is 2.79. The van der Waals surface area contributed by atoms with Crippen molar-refractivity contribution in [2.75, 3.05) is 6.54 Å². The Morgan fingerprint density at radius 3 is 2.40 bits per heavy atom. The molecule has 8 heteroatoms. The highest BCUT2D eigenvalue weighted by atomic mass is 16.5. The Labute approximate surface area is 176 Å². The van der Waals surface area contributed by atoms with E-state index in [1.165, 1.54) is 0 Å². The number of hydrogen-bond donors (Lipinski definition) is 4. The number of carbonyl (C=O) groups excluding carboxylic acids is 2. The highest BCUT2D eigenvalue weighted by Crippen LogP contribution is 2.15. The van der Waals surface area contributed by atoms with Gasteiger partial charge in [0.1, 0.15) is 18.6 Å². The third-order valence-electron chi connectivity index (χ3n) is 4.42. The second-order valence-corrected chi connectivity index (χ2v) is 6.93. The van der Waals surface area contributed by atoms with Gasteiger partial charge in [-0.1, -0.05) is 42.5 Å². The lowest BCUT2D eigenvalue weighted by Crippen LogP contribution is -2.47. The van der Waals surface area contributed by atoms with E-state index in [1.54, 1.807) is 0 Å². The van der Waals surface area contributed by atoms with E-state index in [-0.39, 0.29) is 11.9 Å². The van der Waals surface area contributed by atoms with Gasteiger partial charge in [0, 0.05) is 6.54 Å². The van der Waals surface area contributed by atoms with E-state index in [1.807, 2.05) is 54.6 Å². The number of aliphatic imine (C=N–C) groups is 1. The van der Waals surface area contributed by atoms with Gasteiger partial charge in [-0.2, -0.15) is 0 Å². The van der Waals surface area contributed by atoms with Gasteiger partial charge in [0.15, 0.2) is 5.96 Å². The molecule has 8 nitrogen and oxygen atoms in total. The molecule has 0 fully saturated rings. The van der Waals surface area contributed by atoms with Crippen LogP contribution in [0.1, 0.15) is 24.0 Å². The zero-order valence-corrected chi connectivity index (χ0v) is 16.9. The summed E-state index contributed by atoms with van der Waals surface area (Å²) in [4.78, 5) is 27.3. The molecule has 30 heavy (non-hydrogen) atoms. The number of aldehydes is 1. The van der Waals surface area contributed by atoms with Crippen LogP contribution in [0, 0.1) is 0 Å². The van der Waals surface area contributed by atoms with Crippen LogP contribution >= 0.6 is 0 Å². The van der Waals surface area contributed by atoms with Crippen molar-refractivity contribution in [1.29, 1.82) is 0 Å². The summed E-state index contributed by atoms with van der Waals surface area (Å²) in [5.74, 6) is 0.362. The molecule has 2 aromatic rings.